The monoisotopic (exact) mass is 525 g/mol. The Morgan fingerprint density at radius 3 is 2.03 bits per heavy atom. The molecule has 8 nitrogen and oxygen atoms in total. The Morgan fingerprint density at radius 1 is 0.947 bits per heavy atom. The van der Waals surface area contributed by atoms with Gasteiger partial charge in [-0.1, -0.05) is 49.4 Å². The van der Waals surface area contributed by atoms with Crippen LogP contribution in [0.1, 0.15) is 79.0 Å². The molecule has 2 rings (SSSR count). The predicted molar refractivity (Wildman–Crippen MR) is 149 cm³/mol. The summed E-state index contributed by atoms with van der Waals surface area (Å²) in [5, 5.41) is 15.6. The molecule has 0 radical (unpaired) electrons. The molecule has 0 aromatic heterocycles. The molecule has 0 saturated heterocycles. The number of phenols is 1. The maximum absolute atomic E-state index is 14.3. The topological polar surface area (TPSA) is 108 Å². The van der Waals surface area contributed by atoms with E-state index in [1.54, 1.807) is 37.8 Å². The molecule has 2 aromatic rings. The number of nitrogens with one attached hydrogen (secondary N) is 2. The summed E-state index contributed by atoms with van der Waals surface area (Å²) in [5.74, 6) is -0.706. The molecule has 38 heavy (non-hydrogen) atoms. The third kappa shape index (κ3) is 9.39. The van der Waals surface area contributed by atoms with Gasteiger partial charge in [-0.15, -0.1) is 0 Å². The van der Waals surface area contributed by atoms with Crippen LogP contribution in [0.2, 0.25) is 0 Å². The molecule has 208 valence electrons. The van der Waals surface area contributed by atoms with Crippen molar-refractivity contribution >= 4 is 17.9 Å². The zero-order valence-electron chi connectivity index (χ0n) is 23.9. The van der Waals surface area contributed by atoms with Crippen molar-refractivity contribution in [3.05, 3.63) is 65.7 Å². The second-order valence-electron chi connectivity index (χ2n) is 11.6. The minimum absolute atomic E-state index is 0.0543. The fraction of sp³-hybridized carbons (Fsp3) is 0.500. The smallest absolute Gasteiger partial charge is 0.408 e. The van der Waals surface area contributed by atoms with Crippen molar-refractivity contribution in [3.8, 4) is 5.75 Å². The highest BCUT2D eigenvalue weighted by Gasteiger charge is 2.39. The van der Waals surface area contributed by atoms with Crippen LogP contribution in [0.3, 0.4) is 0 Å². The molecular weight excluding hydrogens is 482 g/mol. The number of phenolic OH excluding ortho intramolecular Hbond substituents is 1. The molecule has 3 unspecified atom stereocenters. The number of ether oxygens (including phenoxy) is 1. The zero-order valence-corrected chi connectivity index (χ0v) is 23.9. The summed E-state index contributed by atoms with van der Waals surface area (Å²) < 4.78 is 5.47. The molecule has 3 atom stereocenters. The summed E-state index contributed by atoms with van der Waals surface area (Å²) in [6.45, 7) is 14.7. The number of nitrogens with zero attached hydrogens (tertiary/aromatic N) is 1. The molecule has 0 saturated carbocycles. The Morgan fingerprint density at radius 2 is 1.53 bits per heavy atom. The highest BCUT2D eigenvalue weighted by molar-refractivity contribution is 5.92. The number of carbonyl (C=O) groups excluding carboxylic acids is 3. The van der Waals surface area contributed by atoms with Gasteiger partial charge in [-0.25, -0.2) is 4.79 Å². The molecule has 3 amide bonds. The third-order valence-corrected chi connectivity index (χ3v) is 5.83. The molecule has 0 bridgehead atoms. The van der Waals surface area contributed by atoms with Crippen LogP contribution in [0.25, 0.3) is 0 Å². The fourth-order valence-electron chi connectivity index (χ4n) is 4.01. The van der Waals surface area contributed by atoms with Crippen LogP contribution < -0.4 is 10.6 Å². The van der Waals surface area contributed by atoms with Crippen LogP contribution in [0.4, 0.5) is 4.79 Å². The van der Waals surface area contributed by atoms with E-state index < -0.39 is 35.2 Å². The highest BCUT2D eigenvalue weighted by atomic mass is 16.6. The van der Waals surface area contributed by atoms with Gasteiger partial charge < -0.3 is 25.4 Å². The van der Waals surface area contributed by atoms with E-state index in [0.717, 1.165) is 5.56 Å². The lowest BCUT2D eigenvalue weighted by molar-refractivity contribution is -0.145. The lowest BCUT2D eigenvalue weighted by Crippen LogP contribution is -2.57. The van der Waals surface area contributed by atoms with Crippen molar-refractivity contribution in [2.75, 3.05) is 0 Å². The normalized spacial score (nSPS) is 14.1. The minimum atomic E-state index is -0.990. The predicted octanol–water partition coefficient (Wildman–Crippen LogP) is 5.11. The lowest BCUT2D eigenvalue weighted by atomic mass is 9.97. The molecular formula is C30H43N3O5. The summed E-state index contributed by atoms with van der Waals surface area (Å²) >= 11 is 0. The van der Waals surface area contributed by atoms with Crippen LogP contribution in [-0.4, -0.2) is 51.1 Å². The molecule has 8 heteroatoms. The number of benzene rings is 2. The Labute approximate surface area is 226 Å². The summed E-state index contributed by atoms with van der Waals surface area (Å²) in [4.78, 5) is 42.4. The Balaban J connectivity index is 2.59. The van der Waals surface area contributed by atoms with E-state index in [9.17, 15) is 19.5 Å². The first-order valence-corrected chi connectivity index (χ1v) is 13.1. The molecule has 3 N–H and O–H groups in total. The Hall–Kier alpha value is -3.55. The van der Waals surface area contributed by atoms with Crippen molar-refractivity contribution in [2.45, 2.75) is 97.5 Å². The van der Waals surface area contributed by atoms with Gasteiger partial charge in [0.05, 0.1) is 0 Å². The summed E-state index contributed by atoms with van der Waals surface area (Å²) in [7, 11) is 0. The van der Waals surface area contributed by atoms with Gasteiger partial charge in [0.1, 0.15) is 23.4 Å². The first-order chi connectivity index (χ1) is 17.6. The number of carbonyl (C=O) groups is 3. The second kappa shape index (κ2) is 12.8. The molecule has 0 heterocycles. The maximum atomic E-state index is 14.3. The van der Waals surface area contributed by atoms with Crippen LogP contribution in [0.5, 0.6) is 5.75 Å². The van der Waals surface area contributed by atoms with Gasteiger partial charge in [-0.2, -0.15) is 0 Å². The highest BCUT2D eigenvalue weighted by Crippen LogP contribution is 2.28. The van der Waals surface area contributed by atoms with Crippen LogP contribution in [-0.2, 0) is 20.7 Å². The van der Waals surface area contributed by atoms with E-state index in [2.05, 4.69) is 10.6 Å². The summed E-state index contributed by atoms with van der Waals surface area (Å²) in [6.07, 6.45) is 0.0825. The summed E-state index contributed by atoms with van der Waals surface area (Å²) in [6, 6.07) is 13.3. The first-order valence-electron chi connectivity index (χ1n) is 13.1. The molecule has 2 aromatic carbocycles. The molecule has 0 aliphatic carbocycles. The van der Waals surface area contributed by atoms with E-state index in [1.165, 1.54) is 12.1 Å². The maximum Gasteiger partial charge on any atom is 0.408 e. The van der Waals surface area contributed by atoms with Crippen molar-refractivity contribution in [3.63, 3.8) is 0 Å². The largest absolute Gasteiger partial charge is 0.508 e. The van der Waals surface area contributed by atoms with Crippen LogP contribution >= 0.6 is 0 Å². The Bertz CT molecular complexity index is 1070. The van der Waals surface area contributed by atoms with Gasteiger partial charge in [-0.3, -0.25) is 9.59 Å². The average Bonchev–Trinajstić information content (AvgIpc) is 2.80. The fourth-order valence-corrected chi connectivity index (χ4v) is 4.01. The van der Waals surface area contributed by atoms with Gasteiger partial charge in [0, 0.05) is 18.0 Å². The molecule has 0 spiro atoms. The number of hydrogen-bond acceptors (Lipinski definition) is 5. The van der Waals surface area contributed by atoms with Crippen molar-refractivity contribution in [1.29, 1.82) is 0 Å². The number of rotatable bonds is 9. The van der Waals surface area contributed by atoms with Gasteiger partial charge in [0.25, 0.3) is 0 Å². The minimum Gasteiger partial charge on any atom is -0.508 e. The van der Waals surface area contributed by atoms with Crippen molar-refractivity contribution in [2.24, 2.45) is 0 Å². The van der Waals surface area contributed by atoms with Crippen LogP contribution in [0.15, 0.2) is 54.6 Å². The average molecular weight is 526 g/mol. The number of aromatic hydroxyl groups is 1. The van der Waals surface area contributed by atoms with E-state index in [1.807, 2.05) is 65.0 Å². The van der Waals surface area contributed by atoms with E-state index >= 15 is 0 Å². The third-order valence-electron chi connectivity index (χ3n) is 5.83. The number of alkyl carbamates (subject to hydrolysis) is 1. The van der Waals surface area contributed by atoms with Crippen molar-refractivity contribution < 1.29 is 24.2 Å². The molecule has 0 aliphatic rings. The molecule has 0 fully saturated rings. The number of hydrogen-bond donors (Lipinski definition) is 3. The lowest BCUT2D eigenvalue weighted by Gasteiger charge is -2.39. The van der Waals surface area contributed by atoms with Crippen molar-refractivity contribution in [1.82, 2.24) is 15.5 Å². The van der Waals surface area contributed by atoms with E-state index in [4.69, 9.17) is 4.74 Å². The van der Waals surface area contributed by atoms with Gasteiger partial charge in [-0.05, 0) is 78.1 Å². The Kier molecular flexibility index (Phi) is 10.3. The first kappa shape index (κ1) is 30.7. The summed E-state index contributed by atoms with van der Waals surface area (Å²) in [5.41, 5.74) is 0.108. The van der Waals surface area contributed by atoms with Gasteiger partial charge >= 0.3 is 6.09 Å². The standard InChI is InChI=1S/C30H43N3O5/c1-9-20(2)33(25(26(35)32-29(3,4)5)22-15-17-23(34)18-16-22)27(36)24(19-21-13-11-10-12-14-21)31-28(37)38-30(6,7)8/h10-18,20,24-25,34H,9,19H2,1-8H3,(H,31,37)(H,32,35). The van der Waals surface area contributed by atoms with E-state index in [-0.39, 0.29) is 24.1 Å². The second-order valence-corrected chi connectivity index (χ2v) is 11.6. The van der Waals surface area contributed by atoms with E-state index in [0.29, 0.717) is 12.0 Å². The van der Waals surface area contributed by atoms with Crippen LogP contribution in [0, 0.1) is 0 Å². The quantitative estimate of drug-likeness (QED) is 0.422. The molecule has 0 aliphatic heterocycles. The SMILES string of the molecule is CCC(C)N(C(=O)C(Cc1ccccc1)NC(=O)OC(C)(C)C)C(C(=O)NC(C)(C)C)c1ccc(O)cc1. The van der Waals surface area contributed by atoms with Gasteiger partial charge in [0.2, 0.25) is 11.8 Å². The van der Waals surface area contributed by atoms with Gasteiger partial charge in [0.15, 0.2) is 0 Å². The zero-order chi connectivity index (χ0) is 28.7. The number of amides is 3.